The van der Waals surface area contributed by atoms with E-state index in [9.17, 15) is 4.79 Å². The number of rotatable bonds is 6. The maximum absolute atomic E-state index is 15.4. The molecule has 1 unspecified atom stereocenters. The third-order valence-corrected chi connectivity index (χ3v) is 9.16. The van der Waals surface area contributed by atoms with Crippen LogP contribution >= 0.6 is 23.2 Å². The van der Waals surface area contributed by atoms with Crippen LogP contribution in [0.25, 0.3) is 11.3 Å². The fourth-order valence-electron chi connectivity index (χ4n) is 6.15. The third-order valence-electron chi connectivity index (χ3n) is 8.61. The summed E-state index contributed by atoms with van der Waals surface area (Å²) in [6, 6.07) is 16.0. The standard InChI is InChI=1S/C33H33Cl2FN6O2/c1-33(29-27(36)5-4-6-28(29)44-3)25-15-20(34)7-9-23(25)30-19(18-39-33)17-38-32(41-30)40-22-8-10-24(26(35)16-22)31(43)42-13-11-21(37-2)12-14-42/h4-10,15-17,21,37,39H,11-14,18H2,1-3H3,(H,38,40,41). The van der Waals surface area contributed by atoms with Gasteiger partial charge in [0.1, 0.15) is 11.6 Å². The summed E-state index contributed by atoms with van der Waals surface area (Å²) in [5, 5.41) is 10.9. The van der Waals surface area contributed by atoms with Gasteiger partial charge < -0.3 is 20.3 Å². The molecular weight excluding hydrogens is 602 g/mol. The van der Waals surface area contributed by atoms with Gasteiger partial charge in [0, 0.05) is 53.7 Å². The minimum atomic E-state index is -0.997. The molecule has 4 aromatic rings. The summed E-state index contributed by atoms with van der Waals surface area (Å²) in [4.78, 5) is 24.5. The highest BCUT2D eigenvalue weighted by molar-refractivity contribution is 6.34. The Morgan fingerprint density at radius 2 is 1.93 bits per heavy atom. The van der Waals surface area contributed by atoms with E-state index < -0.39 is 11.4 Å². The number of amides is 1. The molecule has 1 saturated heterocycles. The lowest BCUT2D eigenvalue weighted by Gasteiger charge is -2.33. The molecule has 0 saturated carbocycles. The first-order valence-electron chi connectivity index (χ1n) is 14.5. The number of fused-ring (bicyclic) bond motifs is 3. The number of aromatic nitrogens is 2. The minimum Gasteiger partial charge on any atom is -0.496 e. The Balaban J connectivity index is 1.31. The summed E-state index contributed by atoms with van der Waals surface area (Å²) in [5.41, 5.74) is 3.54. The van der Waals surface area contributed by atoms with Crippen molar-refractivity contribution in [3.63, 3.8) is 0 Å². The number of halogens is 3. The average Bonchev–Trinajstić information content (AvgIpc) is 3.15. The monoisotopic (exact) mass is 634 g/mol. The summed E-state index contributed by atoms with van der Waals surface area (Å²) in [7, 11) is 3.47. The van der Waals surface area contributed by atoms with E-state index >= 15 is 4.39 Å². The van der Waals surface area contributed by atoms with Gasteiger partial charge in [0.25, 0.3) is 5.91 Å². The molecule has 228 valence electrons. The second kappa shape index (κ2) is 12.3. The molecule has 1 aromatic heterocycles. The number of methoxy groups -OCH3 is 1. The normalized spacial score (nSPS) is 18.3. The van der Waals surface area contributed by atoms with Crippen LogP contribution in [-0.2, 0) is 12.1 Å². The Morgan fingerprint density at radius 3 is 2.66 bits per heavy atom. The number of ether oxygens (including phenoxy) is 1. The van der Waals surface area contributed by atoms with Gasteiger partial charge in [0.05, 0.1) is 34.5 Å². The molecule has 44 heavy (non-hydrogen) atoms. The number of carbonyl (C=O) groups is 1. The first kappa shape index (κ1) is 30.3. The molecule has 2 aliphatic heterocycles. The van der Waals surface area contributed by atoms with Gasteiger partial charge in [-0.3, -0.25) is 10.1 Å². The van der Waals surface area contributed by atoms with Crippen molar-refractivity contribution in [3.8, 4) is 17.0 Å². The molecule has 1 amide bonds. The van der Waals surface area contributed by atoms with E-state index in [1.54, 1.807) is 42.6 Å². The summed E-state index contributed by atoms with van der Waals surface area (Å²) < 4.78 is 21.0. The van der Waals surface area contributed by atoms with E-state index in [0.29, 0.717) is 69.9 Å². The lowest BCUT2D eigenvalue weighted by atomic mass is 9.81. The van der Waals surface area contributed by atoms with E-state index in [4.69, 9.17) is 32.9 Å². The van der Waals surface area contributed by atoms with Gasteiger partial charge in [-0.15, -0.1) is 0 Å². The molecule has 2 aliphatic rings. The Kier molecular flexibility index (Phi) is 8.48. The van der Waals surface area contributed by atoms with Gasteiger partial charge in [-0.25, -0.2) is 14.4 Å². The first-order chi connectivity index (χ1) is 21.2. The van der Waals surface area contributed by atoms with Gasteiger partial charge >= 0.3 is 0 Å². The maximum atomic E-state index is 15.4. The summed E-state index contributed by atoms with van der Waals surface area (Å²) >= 11 is 13.1. The maximum Gasteiger partial charge on any atom is 0.255 e. The van der Waals surface area contributed by atoms with E-state index in [-0.39, 0.29) is 5.91 Å². The Morgan fingerprint density at radius 1 is 1.14 bits per heavy atom. The van der Waals surface area contributed by atoms with Gasteiger partial charge in [0.2, 0.25) is 5.95 Å². The topological polar surface area (TPSA) is 91.4 Å². The zero-order valence-electron chi connectivity index (χ0n) is 24.7. The van der Waals surface area contributed by atoms with Crippen molar-refractivity contribution < 1.29 is 13.9 Å². The number of nitrogens with one attached hydrogen (secondary N) is 3. The van der Waals surface area contributed by atoms with Gasteiger partial charge in [-0.05, 0) is 74.8 Å². The van der Waals surface area contributed by atoms with E-state index in [1.807, 2.05) is 31.0 Å². The van der Waals surface area contributed by atoms with E-state index in [1.165, 1.54) is 13.2 Å². The second-order valence-corrected chi connectivity index (χ2v) is 12.1. The first-order valence-corrected chi connectivity index (χ1v) is 15.2. The van der Waals surface area contributed by atoms with Crippen LogP contribution in [0.1, 0.15) is 46.8 Å². The highest BCUT2D eigenvalue weighted by Gasteiger charge is 2.39. The van der Waals surface area contributed by atoms with Crippen molar-refractivity contribution in [1.29, 1.82) is 0 Å². The van der Waals surface area contributed by atoms with Crippen molar-refractivity contribution in [2.75, 3.05) is 32.6 Å². The SMILES string of the molecule is CNC1CCN(C(=O)c2ccc(Nc3ncc4c(n3)-c3ccc(Cl)cc3C(C)(c3c(F)cccc3OC)NC4)cc2Cl)CC1. The Bertz CT molecular complexity index is 1730. The molecule has 3 heterocycles. The molecule has 8 nitrogen and oxygen atoms in total. The van der Waals surface area contributed by atoms with Crippen molar-refractivity contribution in [1.82, 2.24) is 25.5 Å². The van der Waals surface area contributed by atoms with Crippen LogP contribution in [-0.4, -0.2) is 54.1 Å². The average molecular weight is 636 g/mol. The molecule has 3 aromatic carbocycles. The third kappa shape index (κ3) is 5.61. The number of hydrogen-bond acceptors (Lipinski definition) is 7. The van der Waals surface area contributed by atoms with Crippen LogP contribution in [0.5, 0.6) is 5.75 Å². The minimum absolute atomic E-state index is 0.0744. The fraction of sp³-hybridized carbons (Fsp3) is 0.303. The Hall–Kier alpha value is -3.76. The molecular formula is C33H33Cl2FN6O2. The van der Waals surface area contributed by atoms with Gasteiger partial charge in [0.15, 0.2) is 0 Å². The highest BCUT2D eigenvalue weighted by atomic mass is 35.5. The molecule has 0 bridgehead atoms. The molecule has 1 atom stereocenters. The number of piperidine rings is 1. The van der Waals surface area contributed by atoms with Crippen LogP contribution in [0.15, 0.2) is 60.8 Å². The van der Waals surface area contributed by atoms with Crippen molar-refractivity contribution in [3.05, 3.63) is 98.9 Å². The summed E-state index contributed by atoms with van der Waals surface area (Å²) in [6.07, 6.45) is 3.56. The molecule has 0 aliphatic carbocycles. The fourth-order valence-corrected chi connectivity index (χ4v) is 6.59. The number of hydrogen-bond donors (Lipinski definition) is 3. The number of nitrogens with zero attached hydrogens (tertiary/aromatic N) is 3. The van der Waals surface area contributed by atoms with Gasteiger partial charge in [-0.1, -0.05) is 35.3 Å². The lowest BCUT2D eigenvalue weighted by Crippen LogP contribution is -2.44. The van der Waals surface area contributed by atoms with Crippen molar-refractivity contribution >= 4 is 40.7 Å². The van der Waals surface area contributed by atoms with E-state index in [2.05, 4.69) is 20.9 Å². The zero-order valence-corrected chi connectivity index (χ0v) is 26.2. The molecule has 6 rings (SSSR count). The highest BCUT2D eigenvalue weighted by Crippen LogP contribution is 2.45. The van der Waals surface area contributed by atoms with Crippen molar-refractivity contribution in [2.24, 2.45) is 0 Å². The Labute approximate surface area is 266 Å². The number of anilines is 2. The smallest absolute Gasteiger partial charge is 0.255 e. The molecule has 11 heteroatoms. The zero-order chi connectivity index (χ0) is 31.0. The predicted molar refractivity (Wildman–Crippen MR) is 171 cm³/mol. The van der Waals surface area contributed by atoms with Crippen LogP contribution in [0.2, 0.25) is 10.0 Å². The van der Waals surface area contributed by atoms with Crippen LogP contribution in [0.3, 0.4) is 0 Å². The van der Waals surface area contributed by atoms with Gasteiger partial charge in [-0.2, -0.15) is 0 Å². The molecule has 1 fully saturated rings. The molecule has 3 N–H and O–H groups in total. The van der Waals surface area contributed by atoms with Crippen LogP contribution in [0, 0.1) is 5.82 Å². The van der Waals surface area contributed by atoms with Crippen molar-refractivity contribution in [2.45, 2.75) is 37.9 Å². The quantitative estimate of drug-likeness (QED) is 0.222. The largest absolute Gasteiger partial charge is 0.496 e. The second-order valence-electron chi connectivity index (χ2n) is 11.2. The predicted octanol–water partition coefficient (Wildman–Crippen LogP) is 6.53. The number of carbonyl (C=O) groups excluding carboxylic acids is 1. The lowest BCUT2D eigenvalue weighted by molar-refractivity contribution is 0.0707. The summed E-state index contributed by atoms with van der Waals surface area (Å²) in [6.45, 7) is 3.65. The molecule has 0 radical (unpaired) electrons. The molecule has 0 spiro atoms. The number of likely N-dealkylation sites (tertiary alicyclic amines) is 1. The van der Waals surface area contributed by atoms with Crippen LogP contribution in [0.4, 0.5) is 16.0 Å². The van der Waals surface area contributed by atoms with Crippen LogP contribution < -0.4 is 20.7 Å². The van der Waals surface area contributed by atoms with E-state index in [0.717, 1.165) is 29.5 Å². The summed E-state index contributed by atoms with van der Waals surface area (Å²) in [5.74, 6) is 0.299. The number of benzene rings is 3.